The standard InChI is InChI=1S/C19H17F3N2O3S/c20-19(21,22)27-16-8-4-5-9-17(16)28(25,26)24-12-10-18(14-23,11-13-24)15-6-2-1-3-7-15/h1-9H,10-13H2. The molecule has 0 radical (unpaired) electrons. The lowest BCUT2D eigenvalue weighted by atomic mass is 9.74. The van der Waals surface area contributed by atoms with Gasteiger partial charge in [-0.3, -0.25) is 0 Å². The minimum atomic E-state index is -5.00. The first-order valence-electron chi connectivity index (χ1n) is 8.50. The zero-order valence-electron chi connectivity index (χ0n) is 14.7. The van der Waals surface area contributed by atoms with Gasteiger partial charge in [0, 0.05) is 13.1 Å². The van der Waals surface area contributed by atoms with Crippen molar-refractivity contribution in [2.24, 2.45) is 0 Å². The highest BCUT2D eigenvalue weighted by Crippen LogP contribution is 2.38. The van der Waals surface area contributed by atoms with Crippen molar-refractivity contribution >= 4 is 10.0 Å². The fourth-order valence-corrected chi connectivity index (χ4v) is 4.90. The van der Waals surface area contributed by atoms with Crippen molar-refractivity contribution in [2.75, 3.05) is 13.1 Å². The summed E-state index contributed by atoms with van der Waals surface area (Å²) >= 11 is 0. The van der Waals surface area contributed by atoms with Gasteiger partial charge in [-0.1, -0.05) is 42.5 Å². The van der Waals surface area contributed by atoms with Crippen LogP contribution in [0.5, 0.6) is 5.75 Å². The van der Waals surface area contributed by atoms with Gasteiger partial charge in [0.2, 0.25) is 10.0 Å². The molecule has 0 aliphatic carbocycles. The van der Waals surface area contributed by atoms with Crippen LogP contribution in [0.1, 0.15) is 18.4 Å². The van der Waals surface area contributed by atoms with E-state index in [1.807, 2.05) is 30.3 Å². The number of sulfonamides is 1. The zero-order valence-corrected chi connectivity index (χ0v) is 15.5. The van der Waals surface area contributed by atoms with E-state index in [9.17, 15) is 26.9 Å². The predicted octanol–water partition coefficient (Wildman–Crippen LogP) is 3.83. The van der Waals surface area contributed by atoms with Crippen molar-refractivity contribution < 1.29 is 26.3 Å². The third-order valence-electron chi connectivity index (χ3n) is 4.81. The average Bonchev–Trinajstić information content (AvgIpc) is 2.68. The fourth-order valence-electron chi connectivity index (χ4n) is 3.34. The molecule has 1 fully saturated rings. The molecule has 2 aromatic rings. The predicted molar refractivity (Wildman–Crippen MR) is 94.9 cm³/mol. The summed E-state index contributed by atoms with van der Waals surface area (Å²) in [6, 6.07) is 16.0. The Bertz CT molecular complexity index is 977. The highest BCUT2D eigenvalue weighted by atomic mass is 32.2. The Hall–Kier alpha value is -2.57. The van der Waals surface area contributed by atoms with E-state index in [1.165, 1.54) is 12.1 Å². The summed E-state index contributed by atoms with van der Waals surface area (Å²) in [4.78, 5) is -0.545. The molecule has 0 N–H and O–H groups in total. The molecule has 148 valence electrons. The number of ether oxygens (including phenoxy) is 1. The normalized spacial score (nSPS) is 17.6. The molecule has 5 nitrogen and oxygen atoms in total. The largest absolute Gasteiger partial charge is 0.573 e. The van der Waals surface area contributed by atoms with E-state index in [0.717, 1.165) is 22.0 Å². The highest BCUT2D eigenvalue weighted by Gasteiger charge is 2.41. The van der Waals surface area contributed by atoms with Crippen LogP contribution < -0.4 is 4.74 Å². The third kappa shape index (κ3) is 3.98. The second-order valence-corrected chi connectivity index (χ2v) is 8.36. The molecule has 0 aromatic heterocycles. The summed E-state index contributed by atoms with van der Waals surface area (Å²) in [6.07, 6.45) is -4.51. The van der Waals surface area contributed by atoms with E-state index >= 15 is 0 Å². The number of nitrogens with zero attached hydrogens (tertiary/aromatic N) is 2. The van der Waals surface area contributed by atoms with E-state index in [0.29, 0.717) is 0 Å². The van der Waals surface area contributed by atoms with E-state index < -0.39 is 32.4 Å². The first-order chi connectivity index (χ1) is 13.2. The second-order valence-electron chi connectivity index (χ2n) is 6.46. The molecular formula is C19H17F3N2O3S. The summed E-state index contributed by atoms with van der Waals surface area (Å²) < 4.78 is 68.7. The fraction of sp³-hybridized carbons (Fsp3) is 0.316. The summed E-state index contributed by atoms with van der Waals surface area (Å²) in [6.45, 7) is 0.0380. The van der Waals surface area contributed by atoms with Crippen molar-refractivity contribution in [3.8, 4) is 11.8 Å². The molecule has 0 spiro atoms. The second kappa shape index (κ2) is 7.45. The number of halogens is 3. The summed E-state index contributed by atoms with van der Waals surface area (Å²) in [5.41, 5.74) is -0.0229. The molecule has 2 aromatic carbocycles. The first-order valence-corrected chi connectivity index (χ1v) is 9.94. The molecule has 0 unspecified atom stereocenters. The minimum absolute atomic E-state index is 0.0190. The van der Waals surface area contributed by atoms with Crippen molar-refractivity contribution in [1.82, 2.24) is 4.31 Å². The van der Waals surface area contributed by atoms with Gasteiger partial charge in [-0.15, -0.1) is 13.2 Å². The van der Waals surface area contributed by atoms with Crippen molar-refractivity contribution in [1.29, 1.82) is 5.26 Å². The van der Waals surface area contributed by atoms with Gasteiger partial charge in [-0.25, -0.2) is 8.42 Å². The van der Waals surface area contributed by atoms with Gasteiger partial charge in [0.15, 0.2) is 0 Å². The molecule has 0 bridgehead atoms. The number of piperidine rings is 1. The number of rotatable bonds is 4. The summed E-state index contributed by atoms with van der Waals surface area (Å²) in [5.74, 6) is -0.768. The van der Waals surface area contributed by atoms with E-state index in [-0.39, 0.29) is 25.9 Å². The maximum absolute atomic E-state index is 12.9. The topological polar surface area (TPSA) is 70.4 Å². The van der Waals surface area contributed by atoms with Crippen LogP contribution in [0.25, 0.3) is 0 Å². The van der Waals surface area contributed by atoms with Gasteiger partial charge >= 0.3 is 6.36 Å². The summed E-state index contributed by atoms with van der Waals surface area (Å²) in [5, 5.41) is 9.71. The average molecular weight is 410 g/mol. The number of hydrogen-bond donors (Lipinski definition) is 0. The minimum Gasteiger partial charge on any atom is -0.404 e. The molecule has 1 aliphatic rings. The molecule has 0 amide bonds. The van der Waals surface area contributed by atoms with Crippen LogP contribution in [-0.2, 0) is 15.4 Å². The summed E-state index contributed by atoms with van der Waals surface area (Å²) in [7, 11) is -4.21. The van der Waals surface area contributed by atoms with Gasteiger partial charge in [-0.05, 0) is 30.5 Å². The molecule has 1 aliphatic heterocycles. The van der Waals surface area contributed by atoms with Crippen LogP contribution in [0.4, 0.5) is 13.2 Å². The quantitative estimate of drug-likeness (QED) is 0.768. The van der Waals surface area contributed by atoms with E-state index in [4.69, 9.17) is 0 Å². The molecule has 1 saturated heterocycles. The lowest BCUT2D eigenvalue weighted by Crippen LogP contribution is -2.44. The number of hydrogen-bond acceptors (Lipinski definition) is 4. The number of nitriles is 1. The molecule has 3 rings (SSSR count). The Morgan fingerprint density at radius 3 is 2.14 bits per heavy atom. The van der Waals surface area contributed by atoms with Crippen LogP contribution in [0.3, 0.4) is 0 Å². The van der Waals surface area contributed by atoms with Gasteiger partial charge in [-0.2, -0.15) is 9.57 Å². The van der Waals surface area contributed by atoms with Gasteiger partial charge in [0.05, 0.1) is 11.5 Å². The maximum atomic E-state index is 12.9. The van der Waals surface area contributed by atoms with Crippen molar-refractivity contribution in [3.05, 3.63) is 60.2 Å². The molecule has 1 heterocycles. The van der Waals surface area contributed by atoms with E-state index in [1.54, 1.807) is 0 Å². The zero-order chi connectivity index (χ0) is 20.4. The number of para-hydroxylation sites is 1. The van der Waals surface area contributed by atoms with Crippen LogP contribution in [0.2, 0.25) is 0 Å². The Kier molecular flexibility index (Phi) is 5.37. The number of benzene rings is 2. The Balaban J connectivity index is 1.86. The third-order valence-corrected chi connectivity index (χ3v) is 6.75. The lowest BCUT2D eigenvalue weighted by molar-refractivity contribution is -0.275. The van der Waals surface area contributed by atoms with Crippen molar-refractivity contribution in [2.45, 2.75) is 29.5 Å². The molecule has 9 heteroatoms. The van der Waals surface area contributed by atoms with E-state index in [2.05, 4.69) is 10.8 Å². The SMILES string of the molecule is N#CC1(c2ccccc2)CCN(S(=O)(=O)c2ccccc2OC(F)(F)F)CC1. The smallest absolute Gasteiger partial charge is 0.404 e. The molecule has 0 saturated carbocycles. The van der Waals surface area contributed by atoms with Crippen LogP contribution in [-0.4, -0.2) is 32.2 Å². The molecule has 0 atom stereocenters. The molecule has 28 heavy (non-hydrogen) atoms. The maximum Gasteiger partial charge on any atom is 0.573 e. The first kappa shape index (κ1) is 20.2. The Morgan fingerprint density at radius 2 is 1.57 bits per heavy atom. The Morgan fingerprint density at radius 1 is 1.00 bits per heavy atom. The lowest BCUT2D eigenvalue weighted by Gasteiger charge is -2.37. The van der Waals surface area contributed by atoms with Crippen LogP contribution >= 0.6 is 0 Å². The van der Waals surface area contributed by atoms with Gasteiger partial charge in [0.1, 0.15) is 10.6 Å². The molecular weight excluding hydrogens is 393 g/mol. The van der Waals surface area contributed by atoms with Crippen LogP contribution in [0.15, 0.2) is 59.5 Å². The monoisotopic (exact) mass is 410 g/mol. The van der Waals surface area contributed by atoms with Gasteiger partial charge < -0.3 is 4.74 Å². The van der Waals surface area contributed by atoms with Gasteiger partial charge in [0.25, 0.3) is 0 Å². The van der Waals surface area contributed by atoms with Crippen molar-refractivity contribution in [3.63, 3.8) is 0 Å². The Labute approximate surface area is 161 Å². The number of alkyl halides is 3. The van der Waals surface area contributed by atoms with Crippen LogP contribution in [0, 0.1) is 11.3 Å². The highest BCUT2D eigenvalue weighted by molar-refractivity contribution is 7.89.